The van der Waals surface area contributed by atoms with Crippen molar-refractivity contribution in [3.63, 3.8) is 0 Å². The van der Waals surface area contributed by atoms with Gasteiger partial charge in [-0.25, -0.2) is 0 Å². The van der Waals surface area contributed by atoms with Crippen molar-refractivity contribution < 1.29 is 15.1 Å². The topological polar surface area (TPSA) is 65.3 Å². The van der Waals surface area contributed by atoms with Gasteiger partial charge in [-0.05, 0) is 29.8 Å². The van der Waals surface area contributed by atoms with Crippen LogP contribution in [0.4, 0.5) is 5.69 Å². The van der Waals surface area contributed by atoms with Gasteiger partial charge in [-0.2, -0.15) is 0 Å². The Morgan fingerprint density at radius 1 is 1.29 bits per heavy atom. The maximum atomic E-state index is 11.3. The highest BCUT2D eigenvalue weighted by Crippen LogP contribution is 2.52. The second-order valence-electron chi connectivity index (χ2n) is 5.41. The van der Waals surface area contributed by atoms with Crippen molar-refractivity contribution in [2.24, 2.45) is 5.16 Å². The van der Waals surface area contributed by atoms with Crippen LogP contribution in [-0.4, -0.2) is 22.5 Å². The first-order valence-electron chi connectivity index (χ1n) is 7.11. The molecule has 0 radical (unpaired) electrons. The lowest BCUT2D eigenvalue weighted by Crippen LogP contribution is -2.49. The normalized spacial score (nSPS) is 24.9. The summed E-state index contributed by atoms with van der Waals surface area (Å²) in [5.41, 5.74) is 2.40. The molecule has 2 N–H and O–H groups in total. The second-order valence-corrected chi connectivity index (χ2v) is 7.64. The van der Waals surface area contributed by atoms with E-state index in [9.17, 15) is 10.2 Å². The number of benzene rings is 2. The zero-order chi connectivity index (χ0) is 16.9. The number of fused-ring (bicyclic) bond motifs is 3. The van der Waals surface area contributed by atoms with Gasteiger partial charge in [-0.1, -0.05) is 62.6 Å². The molecule has 2 unspecified atom stereocenters. The molecule has 2 aliphatic heterocycles. The maximum Gasteiger partial charge on any atom is 0.311 e. The van der Waals surface area contributed by atoms with Crippen LogP contribution in [0.3, 0.4) is 0 Å². The Hall–Kier alpha value is -1.25. The number of oxime groups is 1. The Labute approximate surface area is 156 Å². The van der Waals surface area contributed by atoms with Gasteiger partial charge in [0.05, 0.1) is 5.69 Å². The molecule has 24 heavy (non-hydrogen) atoms. The molecule has 2 aromatic carbocycles. The number of aliphatic hydroxyl groups is 2. The van der Waals surface area contributed by atoms with E-state index in [0.717, 1.165) is 16.1 Å². The van der Waals surface area contributed by atoms with E-state index in [4.69, 9.17) is 16.4 Å². The highest BCUT2D eigenvalue weighted by atomic mass is 79.9. The number of halogens is 2. The third-order valence-electron chi connectivity index (χ3n) is 3.92. The fourth-order valence-electron chi connectivity index (χ4n) is 2.74. The van der Waals surface area contributed by atoms with Crippen molar-refractivity contribution in [1.82, 2.24) is 0 Å². The van der Waals surface area contributed by atoms with Gasteiger partial charge >= 0.3 is 6.41 Å². The summed E-state index contributed by atoms with van der Waals surface area (Å²) < 4.78 is 0. The Balaban J connectivity index is 1.87. The van der Waals surface area contributed by atoms with Crippen LogP contribution >= 0.6 is 39.3 Å². The Morgan fingerprint density at radius 2 is 2.04 bits per heavy atom. The number of hydrogen-bond donors (Lipinski definition) is 2. The lowest BCUT2D eigenvalue weighted by molar-refractivity contribution is -0.0748. The number of alkyl halides is 1. The fraction of sp³-hybridized carbons (Fsp3) is 0.188. The van der Waals surface area contributed by atoms with Crippen molar-refractivity contribution in [2.75, 3.05) is 4.90 Å². The van der Waals surface area contributed by atoms with Crippen LogP contribution < -0.4 is 4.90 Å². The third-order valence-corrected chi connectivity index (χ3v) is 6.09. The first-order valence-corrected chi connectivity index (χ1v) is 9.42. The zero-order valence-corrected chi connectivity index (χ0v) is 15.3. The van der Waals surface area contributed by atoms with Crippen molar-refractivity contribution in [2.45, 2.75) is 21.6 Å². The minimum Gasteiger partial charge on any atom is -0.368 e. The predicted octanol–water partition coefficient (Wildman–Crippen LogP) is 3.61. The summed E-state index contributed by atoms with van der Waals surface area (Å²) in [5.74, 6) is 0.238. The van der Waals surface area contributed by atoms with Gasteiger partial charge in [-0.3, -0.25) is 4.90 Å². The molecule has 2 aliphatic rings. The van der Waals surface area contributed by atoms with Crippen LogP contribution in [0.2, 0.25) is 5.02 Å². The summed E-state index contributed by atoms with van der Waals surface area (Å²) >= 11 is 10.6. The first kappa shape index (κ1) is 16.2. The molecule has 0 saturated heterocycles. The Kier molecular flexibility index (Phi) is 4.01. The quantitative estimate of drug-likeness (QED) is 0.717. The van der Waals surface area contributed by atoms with Crippen LogP contribution in [0.1, 0.15) is 11.1 Å². The van der Waals surface area contributed by atoms with E-state index >= 15 is 0 Å². The summed E-state index contributed by atoms with van der Waals surface area (Å²) in [6, 6.07) is 12.7. The standard InChI is InChI=1S/C16H12BrClN2O3S/c17-8-9-1-6-13-12(7-9)20-14(19-23-15(20)21)16(22,24-13)10-2-4-11(18)5-3-10/h1-7,15,21-22H,8H2. The number of amidine groups is 1. The molecule has 0 fully saturated rings. The molecule has 0 aliphatic carbocycles. The number of anilines is 1. The summed E-state index contributed by atoms with van der Waals surface area (Å²) in [6.07, 6.45) is -1.27. The lowest BCUT2D eigenvalue weighted by Gasteiger charge is -2.38. The van der Waals surface area contributed by atoms with E-state index in [-0.39, 0.29) is 5.84 Å². The summed E-state index contributed by atoms with van der Waals surface area (Å²) in [4.78, 5) is 5.87. The van der Waals surface area contributed by atoms with E-state index in [2.05, 4.69) is 21.1 Å². The van der Waals surface area contributed by atoms with Crippen LogP contribution in [0.5, 0.6) is 0 Å². The smallest absolute Gasteiger partial charge is 0.311 e. The van der Waals surface area contributed by atoms with Crippen molar-refractivity contribution in [3.05, 3.63) is 58.6 Å². The summed E-state index contributed by atoms with van der Waals surface area (Å²) in [5, 5.41) is 26.7. The number of aliphatic hydroxyl groups excluding tert-OH is 1. The molecule has 5 nitrogen and oxygen atoms in total. The van der Waals surface area contributed by atoms with Gasteiger partial charge in [0, 0.05) is 20.8 Å². The molecule has 8 heteroatoms. The molecule has 2 heterocycles. The minimum atomic E-state index is -1.48. The Morgan fingerprint density at radius 3 is 2.75 bits per heavy atom. The van der Waals surface area contributed by atoms with Crippen LogP contribution in [-0.2, 0) is 15.1 Å². The van der Waals surface area contributed by atoms with E-state index in [0.29, 0.717) is 15.9 Å². The van der Waals surface area contributed by atoms with E-state index in [1.165, 1.54) is 16.7 Å². The monoisotopic (exact) mass is 426 g/mol. The van der Waals surface area contributed by atoms with Gasteiger partial charge < -0.3 is 15.1 Å². The number of thioether (sulfide) groups is 1. The molecule has 0 aromatic heterocycles. The average molecular weight is 428 g/mol. The SMILES string of the molecule is OC1ON=C2N1c1cc(CBr)ccc1SC2(O)c1ccc(Cl)cc1. The predicted molar refractivity (Wildman–Crippen MR) is 97.3 cm³/mol. The van der Waals surface area contributed by atoms with Crippen molar-refractivity contribution >= 4 is 50.8 Å². The molecule has 0 amide bonds. The maximum absolute atomic E-state index is 11.3. The molecule has 124 valence electrons. The summed E-state index contributed by atoms with van der Waals surface area (Å²) in [7, 11) is 0. The minimum absolute atomic E-state index is 0.238. The lowest BCUT2D eigenvalue weighted by atomic mass is 10.1. The van der Waals surface area contributed by atoms with E-state index in [1.54, 1.807) is 24.3 Å². The van der Waals surface area contributed by atoms with Gasteiger partial charge in [-0.15, -0.1) is 0 Å². The van der Waals surface area contributed by atoms with Crippen molar-refractivity contribution in [1.29, 1.82) is 0 Å². The van der Waals surface area contributed by atoms with Gasteiger partial charge in [0.1, 0.15) is 0 Å². The first-order chi connectivity index (χ1) is 11.5. The van der Waals surface area contributed by atoms with Crippen LogP contribution in [0.15, 0.2) is 52.5 Å². The Bertz CT molecular complexity index is 833. The third kappa shape index (κ3) is 2.43. The second kappa shape index (κ2) is 5.93. The highest BCUT2D eigenvalue weighted by Gasteiger charge is 2.51. The molecule has 0 bridgehead atoms. The molecular weight excluding hydrogens is 416 g/mol. The highest BCUT2D eigenvalue weighted by molar-refractivity contribution is 9.08. The largest absolute Gasteiger partial charge is 0.368 e. The average Bonchev–Trinajstić information content (AvgIpc) is 2.98. The number of nitrogens with zero attached hydrogens (tertiary/aromatic N) is 2. The van der Waals surface area contributed by atoms with Gasteiger partial charge in [0.15, 0.2) is 0 Å². The van der Waals surface area contributed by atoms with E-state index < -0.39 is 11.3 Å². The number of rotatable bonds is 2. The fourth-order valence-corrected chi connectivity index (χ4v) is 4.41. The zero-order valence-electron chi connectivity index (χ0n) is 12.2. The number of hydrogen-bond acceptors (Lipinski definition) is 6. The van der Waals surface area contributed by atoms with E-state index in [1.807, 2.05) is 18.2 Å². The van der Waals surface area contributed by atoms with Gasteiger partial charge in [0.2, 0.25) is 10.8 Å². The molecule has 2 atom stereocenters. The van der Waals surface area contributed by atoms with Crippen LogP contribution in [0, 0.1) is 0 Å². The van der Waals surface area contributed by atoms with Gasteiger partial charge in [0.25, 0.3) is 0 Å². The molecule has 0 saturated carbocycles. The molecular formula is C16H12BrClN2O3S. The molecule has 2 aromatic rings. The summed E-state index contributed by atoms with van der Waals surface area (Å²) in [6.45, 7) is 0. The molecule has 4 rings (SSSR count). The van der Waals surface area contributed by atoms with Crippen LogP contribution in [0.25, 0.3) is 0 Å². The van der Waals surface area contributed by atoms with Crippen molar-refractivity contribution in [3.8, 4) is 0 Å². The molecule has 0 spiro atoms.